The summed E-state index contributed by atoms with van der Waals surface area (Å²) in [6.45, 7) is 0. The van der Waals surface area contributed by atoms with Gasteiger partial charge in [0.1, 0.15) is 5.15 Å². The molecule has 128 valence electrons. The van der Waals surface area contributed by atoms with E-state index in [4.69, 9.17) is 11.6 Å². The Morgan fingerprint density at radius 1 is 0.556 bits per heavy atom. The molecule has 3 aromatic carbocycles. The highest BCUT2D eigenvalue weighted by Gasteiger charge is 2.05. The van der Waals surface area contributed by atoms with Gasteiger partial charge in [0.2, 0.25) is 0 Å². The second-order valence-electron chi connectivity index (χ2n) is 6.54. The Labute approximate surface area is 162 Å². The second-order valence-corrected chi connectivity index (χ2v) is 6.93. The number of hydrogen-bond acceptors (Lipinski definition) is 2. The summed E-state index contributed by atoms with van der Waals surface area (Å²) in [5, 5.41) is 2.73. The number of halogens is 1. The lowest BCUT2D eigenvalue weighted by Gasteiger charge is -2.08. The van der Waals surface area contributed by atoms with Crippen LogP contribution in [0.5, 0.6) is 0 Å². The van der Waals surface area contributed by atoms with Gasteiger partial charge in [0.25, 0.3) is 0 Å². The Balaban J connectivity index is 1.60. The van der Waals surface area contributed by atoms with Crippen LogP contribution in [0.2, 0.25) is 5.15 Å². The van der Waals surface area contributed by atoms with Crippen molar-refractivity contribution >= 4 is 33.4 Å². The molecule has 0 amide bonds. The molecule has 5 rings (SSSR count). The third-order valence-electron chi connectivity index (χ3n) is 4.78. The molecule has 0 spiro atoms. The van der Waals surface area contributed by atoms with Crippen molar-refractivity contribution in [2.24, 2.45) is 0 Å². The molecule has 0 aliphatic heterocycles. The van der Waals surface area contributed by atoms with Crippen LogP contribution in [-0.2, 0) is 0 Å². The Morgan fingerprint density at radius 3 is 2.26 bits per heavy atom. The fourth-order valence-electron chi connectivity index (χ4n) is 3.38. The third-order valence-corrected chi connectivity index (χ3v) is 4.99. The van der Waals surface area contributed by atoms with Crippen molar-refractivity contribution in [3.8, 4) is 22.3 Å². The van der Waals surface area contributed by atoms with E-state index in [2.05, 4.69) is 64.6 Å². The number of hydrogen-bond donors (Lipinski definition) is 0. The standard InChI is InChI=1S/C24H15ClN2/c25-24-11-10-16-8-9-19(14-23(16)27-24)17-5-3-6-18(12-17)21-13-20-4-1-2-7-22(20)26-15-21/h1-15H. The van der Waals surface area contributed by atoms with Crippen LogP contribution in [0.3, 0.4) is 0 Å². The molecule has 2 heterocycles. The zero-order chi connectivity index (χ0) is 18.2. The monoisotopic (exact) mass is 366 g/mol. The molecule has 0 saturated carbocycles. The van der Waals surface area contributed by atoms with Crippen molar-refractivity contribution < 1.29 is 0 Å². The summed E-state index contributed by atoms with van der Waals surface area (Å²) in [5.41, 5.74) is 6.42. The smallest absolute Gasteiger partial charge is 0.129 e. The van der Waals surface area contributed by atoms with E-state index in [-0.39, 0.29) is 0 Å². The summed E-state index contributed by atoms with van der Waals surface area (Å²) in [5.74, 6) is 0. The van der Waals surface area contributed by atoms with Crippen LogP contribution in [0, 0.1) is 0 Å². The van der Waals surface area contributed by atoms with Gasteiger partial charge in [-0.05, 0) is 53.1 Å². The number of aromatic nitrogens is 2. The van der Waals surface area contributed by atoms with Gasteiger partial charge in [-0.2, -0.15) is 0 Å². The number of nitrogens with zero attached hydrogens (tertiary/aromatic N) is 2. The molecule has 2 aromatic heterocycles. The predicted molar refractivity (Wildman–Crippen MR) is 113 cm³/mol. The van der Waals surface area contributed by atoms with Gasteiger partial charge >= 0.3 is 0 Å². The summed E-state index contributed by atoms with van der Waals surface area (Å²) < 4.78 is 0. The van der Waals surface area contributed by atoms with Crippen molar-refractivity contribution in [3.63, 3.8) is 0 Å². The third kappa shape index (κ3) is 3.05. The van der Waals surface area contributed by atoms with E-state index in [9.17, 15) is 0 Å². The lowest BCUT2D eigenvalue weighted by Crippen LogP contribution is -1.85. The second kappa shape index (κ2) is 6.49. The number of para-hydroxylation sites is 1. The van der Waals surface area contributed by atoms with Crippen LogP contribution in [0.25, 0.3) is 44.1 Å². The molecule has 0 aliphatic rings. The maximum absolute atomic E-state index is 6.05. The zero-order valence-electron chi connectivity index (χ0n) is 14.4. The molecule has 5 aromatic rings. The van der Waals surface area contributed by atoms with Crippen molar-refractivity contribution in [3.05, 3.63) is 96.3 Å². The van der Waals surface area contributed by atoms with Crippen molar-refractivity contribution in [2.75, 3.05) is 0 Å². The molecule has 0 unspecified atom stereocenters. The number of rotatable bonds is 2. The SMILES string of the molecule is Clc1ccc2ccc(-c3cccc(-c4cnc5ccccc5c4)c3)cc2n1. The lowest BCUT2D eigenvalue weighted by molar-refractivity contribution is 1.40. The average Bonchev–Trinajstić information content (AvgIpc) is 2.73. The number of fused-ring (bicyclic) bond motifs is 2. The highest BCUT2D eigenvalue weighted by molar-refractivity contribution is 6.29. The molecule has 0 fully saturated rings. The summed E-state index contributed by atoms with van der Waals surface area (Å²) in [6.07, 6.45) is 1.93. The van der Waals surface area contributed by atoms with Crippen molar-refractivity contribution in [1.29, 1.82) is 0 Å². The fourth-order valence-corrected chi connectivity index (χ4v) is 3.53. The molecule has 3 heteroatoms. The van der Waals surface area contributed by atoms with Gasteiger partial charge in [-0.3, -0.25) is 4.98 Å². The summed E-state index contributed by atoms with van der Waals surface area (Å²) in [7, 11) is 0. The van der Waals surface area contributed by atoms with Crippen LogP contribution in [0.15, 0.2) is 91.1 Å². The molecule has 0 N–H and O–H groups in total. The van der Waals surface area contributed by atoms with Gasteiger partial charge in [0.15, 0.2) is 0 Å². The first-order valence-electron chi connectivity index (χ1n) is 8.78. The molecule has 0 saturated heterocycles. The highest BCUT2D eigenvalue weighted by atomic mass is 35.5. The quantitative estimate of drug-likeness (QED) is 0.322. The van der Waals surface area contributed by atoms with Crippen LogP contribution in [-0.4, -0.2) is 9.97 Å². The maximum Gasteiger partial charge on any atom is 0.129 e. The summed E-state index contributed by atoms with van der Waals surface area (Å²) >= 11 is 6.05. The molecular formula is C24H15ClN2. The lowest BCUT2D eigenvalue weighted by atomic mass is 9.98. The van der Waals surface area contributed by atoms with Gasteiger partial charge in [-0.25, -0.2) is 4.98 Å². The normalized spacial score (nSPS) is 11.1. The molecule has 2 nitrogen and oxygen atoms in total. The van der Waals surface area contributed by atoms with E-state index >= 15 is 0 Å². The molecule has 0 radical (unpaired) electrons. The van der Waals surface area contributed by atoms with E-state index in [0.717, 1.165) is 44.1 Å². The molecule has 0 aliphatic carbocycles. The van der Waals surface area contributed by atoms with E-state index in [0.29, 0.717) is 5.15 Å². The van der Waals surface area contributed by atoms with Crippen molar-refractivity contribution in [2.45, 2.75) is 0 Å². The fraction of sp³-hybridized carbons (Fsp3) is 0. The minimum atomic E-state index is 0.510. The van der Waals surface area contributed by atoms with Gasteiger partial charge < -0.3 is 0 Å². The largest absolute Gasteiger partial charge is 0.256 e. The van der Waals surface area contributed by atoms with Gasteiger partial charge in [0, 0.05) is 22.5 Å². The Morgan fingerprint density at radius 2 is 1.33 bits per heavy atom. The molecule has 0 bridgehead atoms. The molecular weight excluding hydrogens is 352 g/mol. The average molecular weight is 367 g/mol. The summed E-state index contributed by atoms with van der Waals surface area (Å²) in [4.78, 5) is 9.02. The first-order valence-corrected chi connectivity index (χ1v) is 9.16. The van der Waals surface area contributed by atoms with Gasteiger partial charge in [0.05, 0.1) is 11.0 Å². The van der Waals surface area contributed by atoms with E-state index in [1.165, 1.54) is 0 Å². The Kier molecular flexibility index (Phi) is 3.84. The van der Waals surface area contributed by atoms with Crippen LogP contribution >= 0.6 is 11.6 Å². The molecule has 0 atom stereocenters. The first-order chi connectivity index (χ1) is 13.3. The van der Waals surface area contributed by atoms with Crippen molar-refractivity contribution in [1.82, 2.24) is 9.97 Å². The first kappa shape index (κ1) is 16.0. The number of pyridine rings is 2. The predicted octanol–water partition coefficient (Wildman–Crippen LogP) is 6.77. The number of benzene rings is 3. The minimum Gasteiger partial charge on any atom is -0.256 e. The van der Waals surface area contributed by atoms with Gasteiger partial charge in [-0.1, -0.05) is 60.1 Å². The summed E-state index contributed by atoms with van der Waals surface area (Å²) in [6, 6.07) is 28.9. The van der Waals surface area contributed by atoms with E-state index in [1.54, 1.807) is 0 Å². The molecule has 27 heavy (non-hydrogen) atoms. The highest BCUT2D eigenvalue weighted by Crippen LogP contribution is 2.29. The van der Waals surface area contributed by atoms with Gasteiger partial charge in [-0.15, -0.1) is 0 Å². The topological polar surface area (TPSA) is 25.8 Å². The maximum atomic E-state index is 6.05. The Bertz CT molecular complexity index is 1290. The Hall–Kier alpha value is -3.23. The van der Waals surface area contributed by atoms with Crippen LogP contribution < -0.4 is 0 Å². The van der Waals surface area contributed by atoms with E-state index in [1.807, 2.05) is 36.5 Å². The van der Waals surface area contributed by atoms with Crippen LogP contribution in [0.1, 0.15) is 0 Å². The van der Waals surface area contributed by atoms with E-state index < -0.39 is 0 Å². The zero-order valence-corrected chi connectivity index (χ0v) is 15.2. The van der Waals surface area contributed by atoms with Crippen LogP contribution in [0.4, 0.5) is 0 Å². The minimum absolute atomic E-state index is 0.510.